The third kappa shape index (κ3) is 11.0. The minimum absolute atomic E-state index is 0.167. The molecule has 1 N–H and O–H groups in total. The van der Waals surface area contributed by atoms with E-state index >= 15 is 0 Å². The molecule has 0 bridgehead atoms. The Bertz CT molecular complexity index is 251. The molecule has 1 atom stereocenters. The van der Waals surface area contributed by atoms with Gasteiger partial charge >= 0.3 is 11.9 Å². The smallest absolute Gasteiger partial charge is 0.316 e. The summed E-state index contributed by atoms with van der Waals surface area (Å²) in [4.78, 5) is 20.9. The Morgan fingerprint density at radius 2 is 1.88 bits per heavy atom. The molecule has 0 rings (SSSR count). The van der Waals surface area contributed by atoms with Crippen molar-refractivity contribution in [2.75, 3.05) is 0 Å². The van der Waals surface area contributed by atoms with Gasteiger partial charge in [0.1, 0.15) is 0 Å². The first kappa shape index (κ1) is 18.1. The predicted octanol–water partition coefficient (Wildman–Crippen LogP) is 3.23. The molecule has 0 fully saturated rings. The van der Waals surface area contributed by atoms with E-state index in [4.69, 9.17) is 5.11 Å². The van der Waals surface area contributed by atoms with Crippen molar-refractivity contribution in [3.05, 3.63) is 12.8 Å². The Morgan fingerprint density at radius 3 is 2.00 bits per heavy atom. The van der Waals surface area contributed by atoms with Gasteiger partial charge in [-0.2, -0.15) is 0 Å². The van der Waals surface area contributed by atoms with Crippen molar-refractivity contribution in [1.29, 1.82) is 0 Å². The first-order valence-electron chi connectivity index (χ1n) is 5.71. The Balaban J connectivity index is 0. The van der Waals surface area contributed by atoms with Crippen molar-refractivity contribution in [1.82, 2.24) is 0 Å². The van der Waals surface area contributed by atoms with Gasteiger partial charge in [0.15, 0.2) is 0 Å². The number of aliphatic carboxylic acids is 1. The number of hydrogen-bond donors (Lipinski definition) is 1. The molecule has 4 heteroatoms. The normalized spacial score (nSPS) is 11.8. The van der Waals surface area contributed by atoms with Gasteiger partial charge in [-0.1, -0.05) is 26.8 Å². The fourth-order valence-electron chi connectivity index (χ4n) is 0.809. The molecule has 0 heterocycles. The lowest BCUT2D eigenvalue weighted by molar-refractivity contribution is -0.146. The average Bonchev–Trinajstić information content (AvgIpc) is 2.18. The van der Waals surface area contributed by atoms with Gasteiger partial charge in [-0.15, -0.1) is 0 Å². The second-order valence-electron chi connectivity index (χ2n) is 4.85. The van der Waals surface area contributed by atoms with Crippen molar-refractivity contribution < 1.29 is 19.4 Å². The molecule has 0 saturated heterocycles. The Kier molecular flexibility index (Phi) is 9.33. The van der Waals surface area contributed by atoms with Gasteiger partial charge < -0.3 is 9.84 Å². The van der Waals surface area contributed by atoms with E-state index < -0.39 is 11.4 Å². The molecule has 0 aromatic carbocycles. The second kappa shape index (κ2) is 8.79. The van der Waals surface area contributed by atoms with Crippen molar-refractivity contribution in [2.45, 2.75) is 47.5 Å². The van der Waals surface area contributed by atoms with Crippen LogP contribution in [0, 0.1) is 11.3 Å². The number of rotatable bonds is 4. The van der Waals surface area contributed by atoms with Gasteiger partial charge in [-0.25, -0.2) is 0 Å². The quantitative estimate of drug-likeness (QED) is 0.609. The zero-order chi connectivity index (χ0) is 14.1. The molecule has 100 valence electrons. The van der Waals surface area contributed by atoms with Crippen molar-refractivity contribution in [3.63, 3.8) is 0 Å². The van der Waals surface area contributed by atoms with Crippen molar-refractivity contribution in [3.8, 4) is 0 Å². The SMILES string of the molecule is C=COC(=O)C(C)(C)C.CCCC(C)C(=O)O. The number of esters is 1. The van der Waals surface area contributed by atoms with Gasteiger partial charge in [0.05, 0.1) is 17.6 Å². The van der Waals surface area contributed by atoms with Crippen molar-refractivity contribution in [2.24, 2.45) is 11.3 Å². The fourth-order valence-corrected chi connectivity index (χ4v) is 0.809. The Labute approximate surface area is 104 Å². The monoisotopic (exact) mass is 244 g/mol. The molecule has 0 aliphatic heterocycles. The summed E-state index contributed by atoms with van der Waals surface area (Å²) in [5.74, 6) is -1.11. The van der Waals surface area contributed by atoms with E-state index in [1.807, 2.05) is 6.92 Å². The van der Waals surface area contributed by atoms with E-state index in [9.17, 15) is 9.59 Å². The van der Waals surface area contributed by atoms with Crippen LogP contribution in [0.3, 0.4) is 0 Å². The zero-order valence-corrected chi connectivity index (χ0v) is 11.4. The van der Waals surface area contributed by atoms with Gasteiger partial charge in [0.2, 0.25) is 0 Å². The highest BCUT2D eigenvalue weighted by atomic mass is 16.5. The minimum Gasteiger partial charge on any atom is -0.481 e. The number of hydrogen-bond acceptors (Lipinski definition) is 3. The Hall–Kier alpha value is -1.32. The lowest BCUT2D eigenvalue weighted by Crippen LogP contribution is -2.20. The minimum atomic E-state index is -0.688. The molecule has 4 nitrogen and oxygen atoms in total. The third-order valence-corrected chi connectivity index (χ3v) is 1.95. The van der Waals surface area contributed by atoms with E-state index in [0.29, 0.717) is 0 Å². The molecule has 0 aromatic rings. The van der Waals surface area contributed by atoms with E-state index in [2.05, 4.69) is 11.3 Å². The molecule has 0 saturated carbocycles. The second-order valence-corrected chi connectivity index (χ2v) is 4.85. The largest absolute Gasteiger partial charge is 0.481 e. The molecule has 0 aliphatic carbocycles. The van der Waals surface area contributed by atoms with Gasteiger partial charge in [-0.05, 0) is 27.2 Å². The fraction of sp³-hybridized carbons (Fsp3) is 0.692. The molecule has 0 aliphatic rings. The van der Waals surface area contributed by atoms with Crippen LogP contribution in [-0.4, -0.2) is 17.0 Å². The van der Waals surface area contributed by atoms with Crippen LogP contribution in [-0.2, 0) is 14.3 Å². The van der Waals surface area contributed by atoms with E-state index in [1.165, 1.54) is 0 Å². The highest BCUT2D eigenvalue weighted by molar-refractivity contribution is 5.75. The summed E-state index contributed by atoms with van der Waals surface area (Å²) in [5.41, 5.74) is -0.422. The molecule has 1 unspecified atom stereocenters. The summed E-state index contributed by atoms with van der Waals surface area (Å²) < 4.78 is 4.53. The van der Waals surface area contributed by atoms with Crippen LogP contribution in [0.1, 0.15) is 47.5 Å². The maximum atomic E-state index is 10.8. The van der Waals surface area contributed by atoms with Crippen LogP contribution in [0.5, 0.6) is 0 Å². The predicted molar refractivity (Wildman–Crippen MR) is 67.5 cm³/mol. The van der Waals surface area contributed by atoms with Crippen LogP contribution in [0.25, 0.3) is 0 Å². The lowest BCUT2D eigenvalue weighted by atomic mass is 9.98. The standard InChI is InChI=1S/C7H12O2.C6H12O2/c1-5-9-6(8)7(2,3)4;1-3-4-5(2)6(7)8/h5H,1H2,2-4H3;5H,3-4H2,1-2H3,(H,7,8). The zero-order valence-electron chi connectivity index (χ0n) is 11.4. The van der Waals surface area contributed by atoms with Crippen LogP contribution >= 0.6 is 0 Å². The first-order valence-corrected chi connectivity index (χ1v) is 5.71. The Morgan fingerprint density at radius 1 is 1.41 bits per heavy atom. The lowest BCUT2D eigenvalue weighted by Gasteiger charge is -2.13. The van der Waals surface area contributed by atoms with Gasteiger partial charge in [0, 0.05) is 0 Å². The van der Waals surface area contributed by atoms with Crippen LogP contribution < -0.4 is 0 Å². The molecule has 17 heavy (non-hydrogen) atoms. The number of carboxylic acid groups (broad SMARTS) is 1. The van der Waals surface area contributed by atoms with Crippen LogP contribution in [0.2, 0.25) is 0 Å². The van der Waals surface area contributed by atoms with E-state index in [0.717, 1.165) is 19.1 Å². The highest BCUT2D eigenvalue weighted by Crippen LogP contribution is 2.14. The molecular weight excluding hydrogens is 220 g/mol. The summed E-state index contributed by atoms with van der Waals surface area (Å²) >= 11 is 0. The molecule has 0 aromatic heterocycles. The summed E-state index contributed by atoms with van der Waals surface area (Å²) in [6.07, 6.45) is 2.89. The summed E-state index contributed by atoms with van der Waals surface area (Å²) in [5, 5.41) is 8.31. The maximum Gasteiger partial charge on any atom is 0.316 e. The number of ether oxygens (including phenoxy) is 1. The molecule has 0 radical (unpaired) electrons. The highest BCUT2D eigenvalue weighted by Gasteiger charge is 2.21. The molecule has 0 spiro atoms. The topological polar surface area (TPSA) is 63.6 Å². The first-order chi connectivity index (χ1) is 7.66. The number of carbonyl (C=O) groups excluding carboxylic acids is 1. The molecular formula is C13H24O4. The number of carboxylic acids is 1. The van der Waals surface area contributed by atoms with Crippen LogP contribution in [0.4, 0.5) is 0 Å². The van der Waals surface area contributed by atoms with E-state index in [-0.39, 0.29) is 11.9 Å². The van der Waals surface area contributed by atoms with Crippen molar-refractivity contribution >= 4 is 11.9 Å². The number of carbonyl (C=O) groups is 2. The average molecular weight is 244 g/mol. The van der Waals surface area contributed by atoms with Gasteiger partial charge in [0.25, 0.3) is 0 Å². The van der Waals surface area contributed by atoms with E-state index in [1.54, 1.807) is 27.7 Å². The van der Waals surface area contributed by atoms with Gasteiger partial charge in [-0.3, -0.25) is 9.59 Å². The third-order valence-electron chi connectivity index (χ3n) is 1.95. The molecule has 0 amide bonds. The summed E-state index contributed by atoms with van der Waals surface area (Å²) in [7, 11) is 0. The van der Waals surface area contributed by atoms with Crippen LogP contribution in [0.15, 0.2) is 12.8 Å². The maximum absolute atomic E-state index is 10.8. The summed E-state index contributed by atoms with van der Waals surface area (Å²) in [6, 6.07) is 0. The summed E-state index contributed by atoms with van der Waals surface area (Å²) in [6.45, 7) is 12.4.